The van der Waals surface area contributed by atoms with Gasteiger partial charge in [-0.3, -0.25) is 14.3 Å². The van der Waals surface area contributed by atoms with Crippen LogP contribution in [0.25, 0.3) is 0 Å². The minimum Gasteiger partial charge on any atom is -0.348 e. The Bertz CT molecular complexity index is 762. The second-order valence-corrected chi connectivity index (χ2v) is 8.42. The summed E-state index contributed by atoms with van der Waals surface area (Å²) in [7, 11) is 1.90. The Morgan fingerprint density at radius 3 is 2.50 bits per heavy atom. The van der Waals surface area contributed by atoms with Crippen LogP contribution in [0.3, 0.4) is 0 Å². The molecule has 1 aromatic heterocycles. The summed E-state index contributed by atoms with van der Waals surface area (Å²) >= 11 is 0. The monoisotopic (exact) mass is 358 g/mol. The molecule has 0 saturated heterocycles. The maximum absolute atomic E-state index is 12.2. The Balaban J connectivity index is 1.48. The predicted molar refractivity (Wildman–Crippen MR) is 100 cm³/mol. The van der Waals surface area contributed by atoms with E-state index in [0.29, 0.717) is 24.8 Å². The van der Waals surface area contributed by atoms with Gasteiger partial charge in [-0.15, -0.1) is 0 Å². The van der Waals surface area contributed by atoms with Crippen molar-refractivity contribution in [2.45, 2.75) is 53.0 Å². The van der Waals surface area contributed by atoms with E-state index < -0.39 is 11.8 Å². The Kier molecular flexibility index (Phi) is 4.71. The van der Waals surface area contributed by atoms with Crippen LogP contribution in [0.15, 0.2) is 12.2 Å². The third kappa shape index (κ3) is 3.06. The number of nitrogens with zero attached hydrogens (tertiary/aromatic N) is 2. The van der Waals surface area contributed by atoms with E-state index in [1.807, 2.05) is 25.6 Å². The summed E-state index contributed by atoms with van der Waals surface area (Å²) in [5, 5.41) is 9.96. The van der Waals surface area contributed by atoms with Crippen molar-refractivity contribution >= 4 is 11.8 Å². The first-order valence-corrected chi connectivity index (χ1v) is 9.39. The minimum atomic E-state index is -0.574. The van der Waals surface area contributed by atoms with E-state index in [-0.39, 0.29) is 11.5 Å². The highest BCUT2D eigenvalue weighted by molar-refractivity contribution is 6.35. The van der Waals surface area contributed by atoms with Crippen molar-refractivity contribution in [2.24, 2.45) is 24.3 Å². The van der Waals surface area contributed by atoms with Crippen molar-refractivity contribution < 1.29 is 9.59 Å². The maximum Gasteiger partial charge on any atom is 0.309 e. The van der Waals surface area contributed by atoms with Gasteiger partial charge in [0.05, 0.1) is 11.7 Å². The fraction of sp³-hybridized carbons (Fsp3) is 0.650. The fourth-order valence-corrected chi connectivity index (χ4v) is 4.66. The normalized spacial score (nSPS) is 26.2. The standard InChI is InChI=1S/C20H30N4O2/c1-11-16-9-14(20(16,4)5)10-17(11)22-19(26)18(25)21-8-7-15-12(2)23-24(6)13(15)3/h14,16-17H,1,7-10H2,2-6H3,(H,21,25)(H,22,26)/t14-,16+,17?/m1/s1. The molecule has 2 N–H and O–H groups in total. The number of rotatable bonds is 4. The van der Waals surface area contributed by atoms with Crippen molar-refractivity contribution in [3.8, 4) is 0 Å². The lowest BCUT2D eigenvalue weighted by Crippen LogP contribution is -2.58. The number of fused-ring (bicyclic) bond motifs is 2. The smallest absolute Gasteiger partial charge is 0.309 e. The molecule has 1 heterocycles. The molecule has 0 spiro atoms. The molecule has 1 aromatic rings. The molecular formula is C20H30N4O2. The van der Waals surface area contributed by atoms with Crippen molar-refractivity contribution in [3.63, 3.8) is 0 Å². The van der Waals surface area contributed by atoms with E-state index in [0.717, 1.165) is 35.4 Å². The van der Waals surface area contributed by atoms with Gasteiger partial charge >= 0.3 is 11.8 Å². The Hall–Kier alpha value is -2.11. The highest BCUT2D eigenvalue weighted by Gasteiger charge is 2.55. The van der Waals surface area contributed by atoms with E-state index in [1.54, 1.807) is 0 Å². The summed E-state index contributed by atoms with van der Waals surface area (Å²) in [5.74, 6) is -0.0839. The second kappa shape index (κ2) is 6.56. The highest BCUT2D eigenvalue weighted by atomic mass is 16.2. The molecule has 3 saturated carbocycles. The first-order chi connectivity index (χ1) is 12.1. The molecule has 3 aliphatic carbocycles. The molecule has 6 heteroatoms. The zero-order valence-electron chi connectivity index (χ0n) is 16.5. The Morgan fingerprint density at radius 2 is 1.96 bits per heavy atom. The Morgan fingerprint density at radius 1 is 1.27 bits per heavy atom. The topological polar surface area (TPSA) is 76.0 Å². The molecule has 1 unspecified atom stereocenters. The lowest BCUT2D eigenvalue weighted by atomic mass is 9.46. The van der Waals surface area contributed by atoms with Crippen LogP contribution in [-0.4, -0.2) is 34.2 Å². The molecule has 142 valence electrons. The van der Waals surface area contributed by atoms with Crippen LogP contribution in [0.4, 0.5) is 0 Å². The number of aromatic nitrogens is 2. The third-order valence-corrected chi connectivity index (χ3v) is 6.72. The fourth-order valence-electron chi connectivity index (χ4n) is 4.66. The number of carbonyl (C=O) groups is 2. The molecule has 26 heavy (non-hydrogen) atoms. The number of nitrogens with one attached hydrogen (secondary N) is 2. The van der Waals surface area contributed by atoms with E-state index in [9.17, 15) is 9.59 Å². The number of amides is 2. The van der Waals surface area contributed by atoms with Gasteiger partial charge in [0.1, 0.15) is 0 Å². The van der Waals surface area contributed by atoms with Crippen LogP contribution >= 0.6 is 0 Å². The molecule has 2 bridgehead atoms. The molecule has 2 amide bonds. The third-order valence-electron chi connectivity index (χ3n) is 6.72. The molecular weight excluding hydrogens is 328 g/mol. The quantitative estimate of drug-likeness (QED) is 0.637. The minimum absolute atomic E-state index is 0.0761. The second-order valence-electron chi connectivity index (χ2n) is 8.42. The number of aryl methyl sites for hydroxylation is 2. The van der Waals surface area contributed by atoms with Crippen LogP contribution < -0.4 is 10.6 Å². The van der Waals surface area contributed by atoms with Crippen LogP contribution in [0.5, 0.6) is 0 Å². The Labute approximate surface area is 155 Å². The maximum atomic E-state index is 12.2. The zero-order valence-corrected chi connectivity index (χ0v) is 16.5. The van der Waals surface area contributed by atoms with E-state index >= 15 is 0 Å². The lowest BCUT2D eigenvalue weighted by Gasteiger charge is -2.59. The van der Waals surface area contributed by atoms with Crippen LogP contribution in [-0.2, 0) is 23.1 Å². The number of carbonyl (C=O) groups excluding carboxylic acids is 2. The summed E-state index contributed by atoms with van der Waals surface area (Å²) < 4.78 is 1.83. The SMILES string of the molecule is C=C1C(NC(=O)C(=O)NCCc2c(C)nn(C)c2C)C[C@H]2C[C@@H]1C2(C)C. The van der Waals surface area contributed by atoms with Crippen molar-refractivity contribution in [1.29, 1.82) is 0 Å². The number of hydrogen-bond acceptors (Lipinski definition) is 3. The zero-order chi connectivity index (χ0) is 19.2. The molecule has 6 nitrogen and oxygen atoms in total. The lowest BCUT2D eigenvalue weighted by molar-refractivity contribution is -0.140. The van der Waals surface area contributed by atoms with Crippen molar-refractivity contribution in [3.05, 3.63) is 29.1 Å². The highest BCUT2D eigenvalue weighted by Crippen LogP contribution is 2.60. The van der Waals surface area contributed by atoms with Crippen LogP contribution in [0.1, 0.15) is 43.6 Å². The molecule has 0 aliphatic heterocycles. The summed E-state index contributed by atoms with van der Waals surface area (Å²) in [6.07, 6.45) is 2.71. The van der Waals surface area contributed by atoms with Gasteiger partial charge in [0.15, 0.2) is 0 Å². The van der Waals surface area contributed by atoms with Gasteiger partial charge in [0, 0.05) is 19.3 Å². The summed E-state index contributed by atoms with van der Waals surface area (Å²) in [6.45, 7) is 13.1. The molecule has 3 aliphatic rings. The van der Waals surface area contributed by atoms with E-state index in [4.69, 9.17) is 0 Å². The summed E-state index contributed by atoms with van der Waals surface area (Å²) in [5.41, 5.74) is 4.52. The average molecular weight is 358 g/mol. The van der Waals surface area contributed by atoms with Gasteiger partial charge in [0.25, 0.3) is 0 Å². The van der Waals surface area contributed by atoms with Crippen LogP contribution in [0, 0.1) is 31.1 Å². The number of hydrogen-bond donors (Lipinski definition) is 2. The molecule has 0 radical (unpaired) electrons. The van der Waals surface area contributed by atoms with Crippen molar-refractivity contribution in [2.75, 3.05) is 6.54 Å². The molecule has 3 atom stereocenters. The van der Waals surface area contributed by atoms with E-state index in [2.05, 4.69) is 36.2 Å². The summed E-state index contributed by atoms with van der Waals surface area (Å²) in [6, 6.07) is -0.0761. The molecule has 0 aromatic carbocycles. The van der Waals surface area contributed by atoms with Gasteiger partial charge < -0.3 is 10.6 Å². The van der Waals surface area contributed by atoms with Crippen molar-refractivity contribution in [1.82, 2.24) is 20.4 Å². The van der Waals surface area contributed by atoms with Gasteiger partial charge in [-0.1, -0.05) is 26.0 Å². The predicted octanol–water partition coefficient (Wildman–Crippen LogP) is 1.80. The van der Waals surface area contributed by atoms with Gasteiger partial charge in [-0.05, 0) is 55.9 Å². The molecule has 4 rings (SSSR count). The van der Waals surface area contributed by atoms with Gasteiger partial charge in [0.2, 0.25) is 0 Å². The average Bonchev–Trinajstić information content (AvgIpc) is 2.81. The first-order valence-electron chi connectivity index (χ1n) is 9.39. The summed E-state index contributed by atoms with van der Waals surface area (Å²) in [4.78, 5) is 24.4. The van der Waals surface area contributed by atoms with Gasteiger partial charge in [-0.25, -0.2) is 0 Å². The largest absolute Gasteiger partial charge is 0.348 e. The molecule has 3 fully saturated rings. The first kappa shape index (κ1) is 18.7. The van der Waals surface area contributed by atoms with Crippen LogP contribution in [0.2, 0.25) is 0 Å². The van der Waals surface area contributed by atoms with Gasteiger partial charge in [-0.2, -0.15) is 5.10 Å². The van der Waals surface area contributed by atoms with E-state index in [1.165, 1.54) is 0 Å².